The van der Waals surface area contributed by atoms with Crippen molar-refractivity contribution in [1.29, 1.82) is 0 Å². The van der Waals surface area contributed by atoms with E-state index in [1.807, 2.05) is 19.1 Å². The van der Waals surface area contributed by atoms with Crippen molar-refractivity contribution in [2.24, 2.45) is 5.92 Å². The zero-order valence-electron chi connectivity index (χ0n) is 16.6. The van der Waals surface area contributed by atoms with Crippen LogP contribution < -0.4 is 15.7 Å². The number of nitrogens with one attached hydrogen (secondary N) is 2. The normalized spacial score (nSPS) is 12.9. The molecule has 0 aromatic heterocycles. The Bertz CT molecular complexity index is 863. The van der Waals surface area contributed by atoms with Gasteiger partial charge in [0.05, 0.1) is 6.04 Å². The Kier molecular flexibility index (Phi) is 7.47. The van der Waals surface area contributed by atoms with Crippen LogP contribution in [0.3, 0.4) is 0 Å². The Labute approximate surface area is 169 Å². The first-order valence-electron chi connectivity index (χ1n) is 9.30. The number of aliphatic carboxylic acids is 1. The van der Waals surface area contributed by atoms with Crippen molar-refractivity contribution in [3.8, 4) is 0 Å². The number of rotatable bonds is 8. The predicted molar refractivity (Wildman–Crippen MR) is 104 cm³/mol. The zero-order valence-corrected chi connectivity index (χ0v) is 16.6. The highest BCUT2D eigenvalue weighted by atomic mass is 19.1. The van der Waals surface area contributed by atoms with Gasteiger partial charge in [-0.1, -0.05) is 43.7 Å². The second-order valence-corrected chi connectivity index (χ2v) is 7.25. The fraction of sp³-hybridized carbons (Fsp3) is 0.318. The van der Waals surface area contributed by atoms with Crippen LogP contribution >= 0.6 is 0 Å². The minimum atomic E-state index is -1.30. The lowest BCUT2D eigenvalue weighted by Crippen LogP contribution is -2.51. The van der Waals surface area contributed by atoms with Gasteiger partial charge < -0.3 is 20.5 Å². The first-order chi connectivity index (χ1) is 13.7. The largest absolute Gasteiger partial charge is 0.550 e. The van der Waals surface area contributed by atoms with E-state index in [-0.39, 0.29) is 11.5 Å². The number of carboxylic acids is 1. The van der Waals surface area contributed by atoms with Crippen molar-refractivity contribution in [3.63, 3.8) is 0 Å². The summed E-state index contributed by atoms with van der Waals surface area (Å²) in [5, 5.41) is 16.5. The summed E-state index contributed by atoms with van der Waals surface area (Å²) < 4.78 is 13.1. The maximum absolute atomic E-state index is 13.1. The Balaban J connectivity index is 2.16. The molecule has 2 atom stereocenters. The van der Waals surface area contributed by atoms with Gasteiger partial charge in [-0.15, -0.1) is 0 Å². The molecule has 7 heteroatoms. The Hall–Kier alpha value is -3.22. The van der Waals surface area contributed by atoms with Crippen LogP contribution in [0.2, 0.25) is 0 Å². The molecule has 2 rings (SSSR count). The van der Waals surface area contributed by atoms with Crippen LogP contribution in [0.4, 0.5) is 4.39 Å². The lowest BCUT2D eigenvalue weighted by Gasteiger charge is -2.26. The van der Waals surface area contributed by atoms with Gasteiger partial charge in [-0.05, 0) is 42.7 Å². The molecule has 0 bridgehead atoms. The molecule has 2 aromatic rings. The Morgan fingerprint density at radius 2 is 1.55 bits per heavy atom. The maximum atomic E-state index is 13.1. The third-order valence-electron chi connectivity index (χ3n) is 4.51. The SMILES string of the molecule is Cc1ccc([C@H](CC(=O)[O-])NC(=O)[C@@H](NC(=O)c2ccc(F)cc2)C(C)C)cc1. The van der Waals surface area contributed by atoms with Crippen LogP contribution in [0, 0.1) is 18.7 Å². The lowest BCUT2D eigenvalue weighted by atomic mass is 9.99. The fourth-order valence-electron chi connectivity index (χ4n) is 2.84. The van der Waals surface area contributed by atoms with Crippen molar-refractivity contribution < 1.29 is 23.9 Å². The summed E-state index contributed by atoms with van der Waals surface area (Å²) in [5.41, 5.74) is 1.84. The average molecular weight is 399 g/mol. The highest BCUT2D eigenvalue weighted by Crippen LogP contribution is 2.18. The van der Waals surface area contributed by atoms with Crippen molar-refractivity contribution in [3.05, 3.63) is 71.0 Å². The quantitative estimate of drug-likeness (QED) is 0.708. The standard InChI is InChI=1S/C22H25FN2O4/c1-13(2)20(25-21(28)16-8-10-17(23)11-9-16)22(29)24-18(12-19(26)27)15-6-4-14(3)5-7-15/h4-11,13,18,20H,12H2,1-3H3,(H,24,29)(H,25,28)(H,26,27)/p-1/t18-,20-/m0/s1. The molecule has 0 aliphatic carbocycles. The molecule has 0 aliphatic heterocycles. The smallest absolute Gasteiger partial charge is 0.251 e. The van der Waals surface area contributed by atoms with Crippen LogP contribution in [0.5, 0.6) is 0 Å². The summed E-state index contributed by atoms with van der Waals surface area (Å²) in [6, 6.07) is 10.4. The van der Waals surface area contributed by atoms with Gasteiger partial charge in [0.15, 0.2) is 0 Å². The van der Waals surface area contributed by atoms with E-state index in [9.17, 15) is 23.9 Å². The molecule has 0 aliphatic rings. The maximum Gasteiger partial charge on any atom is 0.251 e. The molecule has 6 nitrogen and oxygen atoms in total. The van der Waals surface area contributed by atoms with Crippen LogP contribution in [-0.4, -0.2) is 23.8 Å². The number of halogens is 1. The molecule has 0 unspecified atom stereocenters. The van der Waals surface area contributed by atoms with E-state index in [2.05, 4.69) is 10.6 Å². The summed E-state index contributed by atoms with van der Waals surface area (Å²) in [6.07, 6.45) is -0.397. The molecule has 0 heterocycles. The van der Waals surface area contributed by atoms with E-state index >= 15 is 0 Å². The van der Waals surface area contributed by atoms with Gasteiger partial charge in [-0.2, -0.15) is 0 Å². The summed E-state index contributed by atoms with van der Waals surface area (Å²) in [5.74, 6) is -3.07. The van der Waals surface area contributed by atoms with Crippen molar-refractivity contribution >= 4 is 17.8 Å². The van der Waals surface area contributed by atoms with Crippen molar-refractivity contribution in [1.82, 2.24) is 10.6 Å². The number of carbonyl (C=O) groups excluding carboxylic acids is 3. The monoisotopic (exact) mass is 399 g/mol. The third-order valence-corrected chi connectivity index (χ3v) is 4.51. The molecule has 0 saturated carbocycles. The Morgan fingerprint density at radius 3 is 2.07 bits per heavy atom. The minimum Gasteiger partial charge on any atom is -0.550 e. The van der Waals surface area contributed by atoms with Gasteiger partial charge in [-0.25, -0.2) is 4.39 Å². The molecule has 0 spiro atoms. The van der Waals surface area contributed by atoms with Gasteiger partial charge in [0.2, 0.25) is 5.91 Å². The molecule has 154 valence electrons. The first kappa shape index (κ1) is 22.1. The van der Waals surface area contributed by atoms with Crippen LogP contribution in [0.15, 0.2) is 48.5 Å². The first-order valence-corrected chi connectivity index (χ1v) is 9.30. The minimum absolute atomic E-state index is 0.217. The molecule has 2 N–H and O–H groups in total. The fourth-order valence-corrected chi connectivity index (χ4v) is 2.84. The van der Waals surface area contributed by atoms with E-state index in [4.69, 9.17) is 0 Å². The van der Waals surface area contributed by atoms with Crippen molar-refractivity contribution in [2.45, 2.75) is 39.3 Å². The highest BCUT2D eigenvalue weighted by Gasteiger charge is 2.27. The van der Waals surface area contributed by atoms with E-state index < -0.39 is 42.1 Å². The number of amides is 2. The predicted octanol–water partition coefficient (Wildman–Crippen LogP) is 1.89. The average Bonchev–Trinajstić information content (AvgIpc) is 2.65. The zero-order chi connectivity index (χ0) is 21.6. The Morgan fingerprint density at radius 1 is 0.966 bits per heavy atom. The summed E-state index contributed by atoms with van der Waals surface area (Å²) >= 11 is 0. The molecule has 0 radical (unpaired) electrons. The molecule has 29 heavy (non-hydrogen) atoms. The van der Waals surface area contributed by atoms with Crippen LogP contribution in [0.25, 0.3) is 0 Å². The molecule has 0 saturated heterocycles. The van der Waals surface area contributed by atoms with Gasteiger partial charge in [0.1, 0.15) is 11.9 Å². The number of aryl methyl sites for hydroxylation is 1. The van der Waals surface area contributed by atoms with Crippen LogP contribution in [0.1, 0.15) is 47.8 Å². The third kappa shape index (κ3) is 6.41. The summed E-state index contributed by atoms with van der Waals surface area (Å²) in [6.45, 7) is 5.42. The lowest BCUT2D eigenvalue weighted by molar-refractivity contribution is -0.306. The summed E-state index contributed by atoms with van der Waals surface area (Å²) in [4.78, 5) is 36.4. The van der Waals surface area contributed by atoms with Gasteiger partial charge in [-0.3, -0.25) is 9.59 Å². The second kappa shape index (κ2) is 9.82. The molecule has 2 aromatic carbocycles. The second-order valence-electron chi connectivity index (χ2n) is 7.25. The van der Waals surface area contributed by atoms with Gasteiger partial charge in [0, 0.05) is 18.0 Å². The molecule has 2 amide bonds. The topological polar surface area (TPSA) is 98.3 Å². The van der Waals surface area contributed by atoms with E-state index in [1.165, 1.54) is 12.1 Å². The molecular formula is C22H24FN2O4-. The number of hydrogen-bond acceptors (Lipinski definition) is 4. The van der Waals surface area contributed by atoms with Gasteiger partial charge >= 0.3 is 0 Å². The molecule has 0 fully saturated rings. The van der Waals surface area contributed by atoms with Gasteiger partial charge in [0.25, 0.3) is 5.91 Å². The van der Waals surface area contributed by atoms with E-state index in [0.29, 0.717) is 5.56 Å². The number of benzene rings is 2. The number of carboxylic acid groups (broad SMARTS) is 1. The number of carbonyl (C=O) groups is 3. The van der Waals surface area contributed by atoms with Crippen LogP contribution in [-0.2, 0) is 9.59 Å². The van der Waals surface area contributed by atoms with Crippen molar-refractivity contribution in [2.75, 3.05) is 0 Å². The highest BCUT2D eigenvalue weighted by molar-refractivity contribution is 5.97. The van der Waals surface area contributed by atoms with E-state index in [1.54, 1.807) is 26.0 Å². The number of hydrogen-bond donors (Lipinski definition) is 2. The summed E-state index contributed by atoms with van der Waals surface area (Å²) in [7, 11) is 0. The molecular weight excluding hydrogens is 375 g/mol. The van der Waals surface area contributed by atoms with E-state index in [0.717, 1.165) is 17.7 Å².